The molecule has 0 amide bonds. The molecule has 0 atom stereocenters. The number of nitrogens with one attached hydrogen (secondary N) is 1. The molecule has 1 N–H and O–H groups in total. The third-order valence-corrected chi connectivity index (χ3v) is 3.97. The molecule has 0 saturated heterocycles. The van der Waals surface area contributed by atoms with E-state index in [1.807, 2.05) is 60.7 Å². The average Bonchev–Trinajstić information content (AvgIpc) is 3.12. The maximum absolute atomic E-state index is 5.20. The van der Waals surface area contributed by atoms with E-state index in [1.165, 1.54) is 0 Å². The van der Waals surface area contributed by atoms with Gasteiger partial charge in [0.05, 0.1) is 14.2 Å². The number of hydrogen-bond acceptors (Lipinski definition) is 6. The molecule has 0 unspecified atom stereocenters. The minimum atomic E-state index is 0.668. The summed E-state index contributed by atoms with van der Waals surface area (Å²) in [4.78, 5) is 0. The van der Waals surface area contributed by atoms with Crippen LogP contribution in [0.1, 0.15) is 0 Å². The van der Waals surface area contributed by atoms with Crippen molar-refractivity contribution in [2.75, 3.05) is 19.5 Å². The molecule has 26 heavy (non-hydrogen) atoms. The molecule has 0 radical (unpaired) electrons. The lowest BCUT2D eigenvalue weighted by Crippen LogP contribution is -2.00. The van der Waals surface area contributed by atoms with Crippen LogP contribution in [0, 0.1) is 0 Å². The van der Waals surface area contributed by atoms with Gasteiger partial charge in [-0.3, -0.25) is 0 Å². The minimum Gasteiger partial charge on any atom is -0.497 e. The van der Waals surface area contributed by atoms with Gasteiger partial charge in [0.15, 0.2) is 17.3 Å². The zero-order valence-electron chi connectivity index (χ0n) is 14.4. The van der Waals surface area contributed by atoms with Gasteiger partial charge < -0.3 is 14.8 Å². The Balaban J connectivity index is 1.67. The Hall–Kier alpha value is -3.61. The third-order valence-electron chi connectivity index (χ3n) is 3.97. The number of hydrogen-bond donors (Lipinski definition) is 1. The van der Waals surface area contributed by atoms with Crippen molar-refractivity contribution in [1.82, 2.24) is 19.8 Å². The van der Waals surface area contributed by atoms with Gasteiger partial charge in [0.2, 0.25) is 0 Å². The molecular weight excluding hydrogens is 330 g/mol. The van der Waals surface area contributed by atoms with Crippen molar-refractivity contribution in [3.05, 3.63) is 60.7 Å². The molecule has 2 aromatic heterocycles. The van der Waals surface area contributed by atoms with Crippen LogP contribution in [0.15, 0.2) is 60.7 Å². The van der Waals surface area contributed by atoms with Crippen molar-refractivity contribution in [2.45, 2.75) is 0 Å². The molecule has 0 aliphatic heterocycles. The smallest absolute Gasteiger partial charge is 0.185 e. The van der Waals surface area contributed by atoms with Crippen LogP contribution in [0.25, 0.3) is 17.0 Å². The van der Waals surface area contributed by atoms with Crippen molar-refractivity contribution in [1.29, 1.82) is 0 Å². The first-order valence-corrected chi connectivity index (χ1v) is 8.05. The number of rotatable bonds is 5. The summed E-state index contributed by atoms with van der Waals surface area (Å²) >= 11 is 0. The lowest BCUT2D eigenvalue weighted by Gasteiger charge is -2.07. The summed E-state index contributed by atoms with van der Waals surface area (Å²) in [6.07, 6.45) is 0. The second kappa shape index (κ2) is 6.72. The van der Waals surface area contributed by atoms with Gasteiger partial charge in [-0.25, -0.2) is 0 Å². The molecule has 0 aliphatic carbocycles. The lowest BCUT2D eigenvalue weighted by atomic mass is 10.2. The van der Waals surface area contributed by atoms with E-state index < -0.39 is 0 Å². The number of aromatic nitrogens is 4. The van der Waals surface area contributed by atoms with E-state index in [0.29, 0.717) is 17.3 Å². The van der Waals surface area contributed by atoms with Gasteiger partial charge in [-0.2, -0.15) is 4.52 Å². The number of ether oxygens (including phenoxy) is 2. The molecule has 7 nitrogen and oxygen atoms in total. The minimum absolute atomic E-state index is 0.668. The third kappa shape index (κ3) is 3.02. The van der Waals surface area contributed by atoms with E-state index in [1.54, 1.807) is 18.7 Å². The second-order valence-electron chi connectivity index (χ2n) is 5.59. The lowest BCUT2D eigenvalue weighted by molar-refractivity contribution is 0.415. The van der Waals surface area contributed by atoms with Crippen LogP contribution >= 0.6 is 0 Å². The Kier molecular flexibility index (Phi) is 4.10. The van der Waals surface area contributed by atoms with E-state index in [2.05, 4.69) is 20.6 Å². The molecule has 4 rings (SSSR count). The fraction of sp³-hybridized carbons (Fsp3) is 0.105. The molecule has 0 aliphatic rings. The molecular formula is C19H17N5O2. The number of nitrogens with zero attached hydrogens (tertiary/aromatic N) is 4. The van der Waals surface area contributed by atoms with Crippen LogP contribution < -0.4 is 14.8 Å². The largest absolute Gasteiger partial charge is 0.497 e. The van der Waals surface area contributed by atoms with Crippen molar-refractivity contribution in [3.8, 4) is 22.9 Å². The molecule has 130 valence electrons. The Labute approximate surface area is 150 Å². The molecule has 0 saturated carbocycles. The van der Waals surface area contributed by atoms with Crippen LogP contribution in [0.2, 0.25) is 0 Å². The summed E-state index contributed by atoms with van der Waals surface area (Å²) in [7, 11) is 3.28. The van der Waals surface area contributed by atoms with E-state index >= 15 is 0 Å². The molecule has 7 heteroatoms. The van der Waals surface area contributed by atoms with Crippen LogP contribution in [-0.2, 0) is 0 Å². The topological polar surface area (TPSA) is 73.6 Å². The van der Waals surface area contributed by atoms with Gasteiger partial charge in [-0.1, -0.05) is 0 Å². The highest BCUT2D eigenvalue weighted by atomic mass is 16.5. The maximum Gasteiger partial charge on any atom is 0.185 e. The van der Waals surface area contributed by atoms with Crippen LogP contribution in [0.5, 0.6) is 11.5 Å². The number of fused-ring (bicyclic) bond motifs is 1. The van der Waals surface area contributed by atoms with Crippen molar-refractivity contribution >= 4 is 17.2 Å². The normalized spacial score (nSPS) is 10.7. The Morgan fingerprint density at radius 1 is 0.769 bits per heavy atom. The molecule has 0 fully saturated rings. The number of anilines is 2. The second-order valence-corrected chi connectivity index (χ2v) is 5.59. The Morgan fingerprint density at radius 2 is 1.42 bits per heavy atom. The quantitative estimate of drug-likeness (QED) is 0.595. The summed E-state index contributed by atoms with van der Waals surface area (Å²) in [6.45, 7) is 0. The van der Waals surface area contributed by atoms with Gasteiger partial charge in [0, 0.05) is 11.3 Å². The first-order valence-electron chi connectivity index (χ1n) is 8.05. The van der Waals surface area contributed by atoms with Gasteiger partial charge in [-0.15, -0.1) is 15.3 Å². The zero-order chi connectivity index (χ0) is 17.9. The van der Waals surface area contributed by atoms with Crippen molar-refractivity contribution in [3.63, 3.8) is 0 Å². The summed E-state index contributed by atoms with van der Waals surface area (Å²) in [5.41, 5.74) is 2.50. The molecule has 4 aromatic rings. The maximum atomic E-state index is 5.20. The van der Waals surface area contributed by atoms with Crippen molar-refractivity contribution < 1.29 is 9.47 Å². The average molecular weight is 347 g/mol. The van der Waals surface area contributed by atoms with Gasteiger partial charge in [0.25, 0.3) is 0 Å². The summed E-state index contributed by atoms with van der Waals surface area (Å²) in [5, 5.41) is 16.3. The Morgan fingerprint density at radius 3 is 2.08 bits per heavy atom. The predicted octanol–water partition coefficient (Wildman–Crippen LogP) is 3.55. The SMILES string of the molecule is COc1ccc(Nc2ccc3nnc(-c4ccc(OC)cc4)n3n2)cc1. The molecule has 2 heterocycles. The van der Waals surface area contributed by atoms with E-state index in [-0.39, 0.29) is 0 Å². The standard InChI is InChI=1S/C19H17N5O2/c1-25-15-7-3-13(4-8-15)19-22-21-18-12-11-17(23-24(18)19)20-14-5-9-16(26-2)10-6-14/h3-12H,1-2H3,(H,20,23). The van der Waals surface area contributed by atoms with Crippen LogP contribution in [-0.4, -0.2) is 34.0 Å². The fourth-order valence-electron chi connectivity index (χ4n) is 2.60. The Bertz CT molecular complexity index is 1030. The summed E-state index contributed by atoms with van der Waals surface area (Å²) in [6, 6.07) is 19.0. The van der Waals surface area contributed by atoms with Crippen LogP contribution in [0.3, 0.4) is 0 Å². The van der Waals surface area contributed by atoms with E-state index in [9.17, 15) is 0 Å². The zero-order valence-corrected chi connectivity index (χ0v) is 14.4. The predicted molar refractivity (Wildman–Crippen MR) is 99.0 cm³/mol. The van der Waals surface area contributed by atoms with Crippen LogP contribution in [0.4, 0.5) is 11.5 Å². The first kappa shape index (κ1) is 15.9. The fourth-order valence-corrected chi connectivity index (χ4v) is 2.60. The summed E-state index contributed by atoms with van der Waals surface area (Å²) in [5.74, 6) is 2.95. The monoisotopic (exact) mass is 347 g/mol. The highest BCUT2D eigenvalue weighted by Crippen LogP contribution is 2.23. The first-order chi connectivity index (χ1) is 12.8. The van der Waals surface area contributed by atoms with Crippen molar-refractivity contribution in [2.24, 2.45) is 0 Å². The van der Waals surface area contributed by atoms with Gasteiger partial charge in [0.1, 0.15) is 11.5 Å². The molecule has 0 spiro atoms. The molecule has 2 aromatic carbocycles. The van der Waals surface area contributed by atoms with E-state index in [0.717, 1.165) is 22.7 Å². The highest BCUT2D eigenvalue weighted by Gasteiger charge is 2.10. The highest BCUT2D eigenvalue weighted by molar-refractivity contribution is 5.62. The van der Waals surface area contributed by atoms with Gasteiger partial charge >= 0.3 is 0 Å². The van der Waals surface area contributed by atoms with Gasteiger partial charge in [-0.05, 0) is 60.7 Å². The number of methoxy groups -OCH3 is 2. The number of benzene rings is 2. The molecule has 0 bridgehead atoms. The van der Waals surface area contributed by atoms with E-state index in [4.69, 9.17) is 9.47 Å². The summed E-state index contributed by atoms with van der Waals surface area (Å²) < 4.78 is 12.1.